The van der Waals surface area contributed by atoms with Gasteiger partial charge in [-0.05, 0) is 44.5 Å². The molecule has 2 amide bonds. The minimum Gasteiger partial charge on any atom is -0.448 e. The number of nitrogens with zero attached hydrogens (tertiary/aromatic N) is 1. The molecule has 0 aliphatic heterocycles. The molecule has 2 aliphatic carbocycles. The van der Waals surface area contributed by atoms with E-state index in [1.54, 1.807) is 0 Å². The molecule has 0 spiro atoms. The average Bonchev–Trinajstić information content (AvgIpc) is 3.46. The smallest absolute Gasteiger partial charge is 0.440 e. The lowest BCUT2D eigenvalue weighted by Crippen LogP contribution is -2.56. The number of fused-ring (bicyclic) bond motifs is 6. The van der Waals surface area contributed by atoms with Crippen LogP contribution < -0.4 is 16.8 Å². The number of nitrogens with one attached hydrogen (secondary N) is 2. The number of amides is 2. The Bertz CT molecular complexity index is 1430. The molecule has 4 aromatic carbocycles. The van der Waals surface area contributed by atoms with Crippen LogP contribution in [0.3, 0.4) is 0 Å². The van der Waals surface area contributed by atoms with Crippen molar-refractivity contribution in [1.29, 1.82) is 0 Å². The second kappa shape index (κ2) is 10.0. The fourth-order valence-corrected chi connectivity index (χ4v) is 5.45. The summed E-state index contributed by atoms with van der Waals surface area (Å²) in [4.78, 5) is 24.9. The van der Waals surface area contributed by atoms with Gasteiger partial charge in [0.05, 0.1) is 0 Å². The number of ether oxygens (including phenoxy) is 2. The van der Waals surface area contributed by atoms with Crippen molar-refractivity contribution >= 4 is 12.2 Å². The number of hydrogen-bond donors (Lipinski definition) is 3. The van der Waals surface area contributed by atoms with Gasteiger partial charge < -0.3 is 9.47 Å². The van der Waals surface area contributed by atoms with Gasteiger partial charge in [0.15, 0.2) is 0 Å². The number of hydrazine groups is 3. The van der Waals surface area contributed by atoms with E-state index in [0.717, 1.165) is 44.5 Å². The summed E-state index contributed by atoms with van der Waals surface area (Å²) >= 11 is 0. The summed E-state index contributed by atoms with van der Waals surface area (Å²) in [6.07, 6.45) is -1.61. The molecular weight excluding hydrogens is 480 g/mol. The summed E-state index contributed by atoms with van der Waals surface area (Å²) in [5.41, 5.74) is 13.5. The molecule has 0 unspecified atom stereocenters. The van der Waals surface area contributed by atoms with Gasteiger partial charge in [0.2, 0.25) is 0 Å². The summed E-state index contributed by atoms with van der Waals surface area (Å²) in [5.74, 6) is 5.58. The van der Waals surface area contributed by atoms with Crippen LogP contribution in [0, 0.1) is 0 Å². The first-order valence-electron chi connectivity index (χ1n) is 12.4. The topological polar surface area (TPSA) is 106 Å². The minimum absolute atomic E-state index is 0.0794. The van der Waals surface area contributed by atoms with Gasteiger partial charge in [-0.3, -0.25) is 0 Å². The number of carbonyl (C=O) groups excluding carboxylic acids is 2. The number of rotatable bonds is 6. The molecule has 8 heteroatoms. The monoisotopic (exact) mass is 506 g/mol. The number of carbonyl (C=O) groups is 2. The van der Waals surface area contributed by atoms with E-state index in [2.05, 4.69) is 35.2 Å². The van der Waals surface area contributed by atoms with Gasteiger partial charge in [-0.25, -0.2) is 20.9 Å². The third-order valence-corrected chi connectivity index (χ3v) is 7.15. The lowest BCUT2D eigenvalue weighted by Gasteiger charge is -2.20. The molecule has 0 radical (unpaired) electrons. The van der Waals surface area contributed by atoms with Gasteiger partial charge in [0, 0.05) is 11.8 Å². The summed E-state index contributed by atoms with van der Waals surface area (Å²) in [6, 6.07) is 32.2. The van der Waals surface area contributed by atoms with E-state index in [-0.39, 0.29) is 25.0 Å². The van der Waals surface area contributed by atoms with Gasteiger partial charge in [-0.2, -0.15) is 5.12 Å². The SMILES string of the molecule is NN(NNC(=O)OCC1c2ccccc2-c2ccccc21)C(=O)OCC1c2ccccc2-c2ccccc21. The number of benzene rings is 4. The van der Waals surface area contributed by atoms with Crippen molar-refractivity contribution in [2.75, 3.05) is 13.2 Å². The van der Waals surface area contributed by atoms with E-state index in [0.29, 0.717) is 5.12 Å². The molecule has 0 aromatic heterocycles. The fourth-order valence-electron chi connectivity index (χ4n) is 5.45. The van der Waals surface area contributed by atoms with Crippen LogP contribution >= 0.6 is 0 Å². The maximum absolute atomic E-state index is 12.5. The van der Waals surface area contributed by atoms with Crippen molar-refractivity contribution < 1.29 is 19.1 Å². The Hall–Kier alpha value is -4.66. The molecule has 0 bridgehead atoms. The van der Waals surface area contributed by atoms with Crippen LogP contribution in [0.1, 0.15) is 34.1 Å². The molecule has 190 valence electrons. The van der Waals surface area contributed by atoms with Crippen LogP contribution in [-0.2, 0) is 9.47 Å². The van der Waals surface area contributed by atoms with Crippen LogP contribution in [0.2, 0.25) is 0 Å². The van der Waals surface area contributed by atoms with Gasteiger partial charge in [-0.15, -0.1) is 5.53 Å². The van der Waals surface area contributed by atoms with E-state index in [1.807, 2.05) is 72.8 Å². The Morgan fingerprint density at radius 3 is 1.42 bits per heavy atom. The number of nitrogens with two attached hydrogens (primary N) is 1. The first-order chi connectivity index (χ1) is 18.6. The van der Waals surface area contributed by atoms with Crippen LogP contribution in [-0.4, -0.2) is 30.5 Å². The molecule has 0 heterocycles. The van der Waals surface area contributed by atoms with E-state index in [1.165, 1.54) is 0 Å². The normalized spacial score (nSPS) is 13.2. The number of hydrogen-bond acceptors (Lipinski definition) is 6. The molecule has 6 rings (SSSR count). The second-order valence-corrected chi connectivity index (χ2v) is 9.24. The first kappa shape index (κ1) is 23.7. The first-order valence-corrected chi connectivity index (χ1v) is 12.4. The lowest BCUT2D eigenvalue weighted by atomic mass is 9.98. The Morgan fingerprint density at radius 1 is 0.632 bits per heavy atom. The van der Waals surface area contributed by atoms with Crippen molar-refractivity contribution in [3.05, 3.63) is 119 Å². The molecule has 0 saturated heterocycles. The molecule has 38 heavy (non-hydrogen) atoms. The van der Waals surface area contributed by atoms with E-state index >= 15 is 0 Å². The van der Waals surface area contributed by atoms with Crippen molar-refractivity contribution in [2.45, 2.75) is 11.8 Å². The average molecular weight is 507 g/mol. The van der Waals surface area contributed by atoms with Crippen molar-refractivity contribution in [1.82, 2.24) is 16.1 Å². The highest BCUT2D eigenvalue weighted by Gasteiger charge is 2.30. The quantitative estimate of drug-likeness (QED) is 0.192. The molecule has 4 N–H and O–H groups in total. The molecule has 2 aliphatic rings. The zero-order valence-corrected chi connectivity index (χ0v) is 20.5. The Morgan fingerprint density at radius 2 is 1.00 bits per heavy atom. The van der Waals surface area contributed by atoms with Gasteiger partial charge in [-0.1, -0.05) is 97.1 Å². The zero-order valence-electron chi connectivity index (χ0n) is 20.5. The zero-order chi connectivity index (χ0) is 26.1. The Kier molecular flexibility index (Phi) is 6.25. The molecule has 0 saturated carbocycles. The molecule has 0 atom stereocenters. The highest BCUT2D eigenvalue weighted by atomic mass is 16.6. The van der Waals surface area contributed by atoms with Crippen molar-refractivity contribution in [3.63, 3.8) is 0 Å². The van der Waals surface area contributed by atoms with Gasteiger partial charge in [0.1, 0.15) is 13.2 Å². The van der Waals surface area contributed by atoms with Gasteiger partial charge >= 0.3 is 12.2 Å². The summed E-state index contributed by atoms with van der Waals surface area (Å²) in [7, 11) is 0. The summed E-state index contributed by atoms with van der Waals surface area (Å²) in [5, 5.41) is 0.578. The third-order valence-electron chi connectivity index (χ3n) is 7.15. The van der Waals surface area contributed by atoms with Crippen LogP contribution in [0.4, 0.5) is 9.59 Å². The second-order valence-electron chi connectivity index (χ2n) is 9.24. The van der Waals surface area contributed by atoms with Crippen molar-refractivity contribution in [2.24, 2.45) is 5.84 Å². The molecular formula is C30H26N4O4. The Labute approximate surface area is 219 Å². The van der Waals surface area contributed by atoms with E-state index in [4.69, 9.17) is 15.3 Å². The molecule has 4 aromatic rings. The third kappa shape index (κ3) is 4.26. The summed E-state index contributed by atoms with van der Waals surface area (Å²) in [6.45, 7) is 0.240. The lowest BCUT2D eigenvalue weighted by molar-refractivity contribution is 0.0658. The molecule has 0 fully saturated rings. The predicted molar refractivity (Wildman–Crippen MR) is 142 cm³/mol. The van der Waals surface area contributed by atoms with E-state index < -0.39 is 12.2 Å². The Balaban J connectivity index is 1.02. The summed E-state index contributed by atoms with van der Waals surface area (Å²) < 4.78 is 10.9. The van der Waals surface area contributed by atoms with Crippen LogP contribution in [0.5, 0.6) is 0 Å². The maximum atomic E-state index is 12.5. The standard InChI is InChI=1S/C30H26N4O4/c31-34(30(36)38-18-28-25-15-7-3-11-21(25)22-12-4-8-16-26(22)28)33-32-29(35)37-17-27-23-13-5-1-9-19(23)20-10-2-6-14-24(20)27/h1-16,27-28,33H,17-18,31H2,(H,32,35). The minimum atomic E-state index is -0.842. The van der Waals surface area contributed by atoms with Crippen LogP contribution in [0.15, 0.2) is 97.1 Å². The highest BCUT2D eigenvalue weighted by molar-refractivity contribution is 5.80. The largest absolute Gasteiger partial charge is 0.448 e. The molecule has 8 nitrogen and oxygen atoms in total. The van der Waals surface area contributed by atoms with E-state index in [9.17, 15) is 9.59 Å². The van der Waals surface area contributed by atoms with Crippen molar-refractivity contribution in [3.8, 4) is 22.3 Å². The van der Waals surface area contributed by atoms with Gasteiger partial charge in [0.25, 0.3) is 0 Å². The highest BCUT2D eigenvalue weighted by Crippen LogP contribution is 2.45. The maximum Gasteiger partial charge on any atom is 0.440 e. The predicted octanol–water partition coefficient (Wildman–Crippen LogP) is 5.07. The fraction of sp³-hybridized carbons (Fsp3) is 0.133. The van der Waals surface area contributed by atoms with Crippen LogP contribution in [0.25, 0.3) is 22.3 Å².